The van der Waals surface area contributed by atoms with Gasteiger partial charge in [0.1, 0.15) is 5.82 Å². The lowest BCUT2D eigenvalue weighted by Gasteiger charge is -2.31. The highest BCUT2D eigenvalue weighted by Crippen LogP contribution is 2.25. The fourth-order valence-corrected chi connectivity index (χ4v) is 5.14. The first-order valence-corrected chi connectivity index (χ1v) is 11.6. The number of carbonyl (C=O) groups is 1. The second-order valence-corrected chi connectivity index (χ2v) is 9.50. The van der Waals surface area contributed by atoms with Crippen molar-refractivity contribution in [3.8, 4) is 0 Å². The lowest BCUT2D eigenvalue weighted by Crippen LogP contribution is -2.39. The fourth-order valence-electron chi connectivity index (χ4n) is 3.58. The van der Waals surface area contributed by atoms with Gasteiger partial charge in [0.2, 0.25) is 15.9 Å². The van der Waals surface area contributed by atoms with Crippen molar-refractivity contribution in [3.63, 3.8) is 0 Å². The molecule has 0 radical (unpaired) electrons. The first kappa shape index (κ1) is 21.5. The Labute approximate surface area is 172 Å². The van der Waals surface area contributed by atoms with E-state index in [9.17, 15) is 17.6 Å². The van der Waals surface area contributed by atoms with Crippen LogP contribution in [0.5, 0.6) is 0 Å². The van der Waals surface area contributed by atoms with E-state index < -0.39 is 10.0 Å². The molecule has 7 heteroatoms. The molecule has 1 aliphatic rings. The monoisotopic (exact) mass is 418 g/mol. The van der Waals surface area contributed by atoms with Crippen molar-refractivity contribution in [1.82, 2.24) is 9.62 Å². The maximum absolute atomic E-state index is 12.9. The van der Waals surface area contributed by atoms with Crippen molar-refractivity contribution in [1.29, 1.82) is 0 Å². The minimum atomic E-state index is -3.31. The molecule has 0 saturated carbocycles. The van der Waals surface area contributed by atoms with Crippen LogP contribution in [0.15, 0.2) is 54.6 Å². The second kappa shape index (κ2) is 9.98. The van der Waals surface area contributed by atoms with Gasteiger partial charge in [-0.2, -0.15) is 0 Å². The molecule has 29 heavy (non-hydrogen) atoms. The predicted molar refractivity (Wildman–Crippen MR) is 111 cm³/mol. The topological polar surface area (TPSA) is 66.5 Å². The molecule has 1 fully saturated rings. The Kier molecular flexibility index (Phi) is 7.39. The zero-order valence-corrected chi connectivity index (χ0v) is 17.2. The van der Waals surface area contributed by atoms with Crippen LogP contribution in [-0.2, 0) is 27.1 Å². The summed E-state index contributed by atoms with van der Waals surface area (Å²) in [6.07, 6.45) is 2.73. The molecule has 5 nitrogen and oxygen atoms in total. The number of amides is 1. The zero-order valence-electron chi connectivity index (χ0n) is 16.4. The van der Waals surface area contributed by atoms with Crippen molar-refractivity contribution >= 4 is 15.9 Å². The number of nitrogens with one attached hydrogen (secondary N) is 1. The molecular weight excluding hydrogens is 391 g/mol. The van der Waals surface area contributed by atoms with Crippen molar-refractivity contribution in [3.05, 3.63) is 71.5 Å². The standard InChI is InChI=1S/C22H27FN2O3S/c23-21-9-6-19(7-10-21)16-24-22(26)11-8-18-12-14-25(15-13-18)29(27,28)17-20-4-2-1-3-5-20/h1-7,9-10,18H,8,11-17H2,(H,24,26). The van der Waals surface area contributed by atoms with E-state index in [2.05, 4.69) is 5.32 Å². The van der Waals surface area contributed by atoms with E-state index in [-0.39, 0.29) is 17.5 Å². The number of carbonyl (C=O) groups excluding carboxylic acids is 1. The summed E-state index contributed by atoms with van der Waals surface area (Å²) in [7, 11) is -3.31. The normalized spacial score (nSPS) is 15.9. The van der Waals surface area contributed by atoms with Gasteiger partial charge < -0.3 is 5.32 Å². The maximum atomic E-state index is 12.9. The highest BCUT2D eigenvalue weighted by atomic mass is 32.2. The van der Waals surface area contributed by atoms with E-state index in [1.807, 2.05) is 30.3 Å². The van der Waals surface area contributed by atoms with Gasteiger partial charge in [-0.05, 0) is 48.4 Å². The molecule has 2 aromatic rings. The first-order valence-electron chi connectivity index (χ1n) is 9.95. The predicted octanol–water partition coefficient (Wildman–Crippen LogP) is 3.46. The molecule has 0 aliphatic carbocycles. The molecule has 156 valence electrons. The molecule has 0 spiro atoms. The van der Waals surface area contributed by atoms with Crippen LogP contribution in [0.3, 0.4) is 0 Å². The molecule has 0 atom stereocenters. The quantitative estimate of drug-likeness (QED) is 0.714. The van der Waals surface area contributed by atoms with Crippen LogP contribution in [0.4, 0.5) is 4.39 Å². The smallest absolute Gasteiger partial charge is 0.220 e. The number of nitrogens with zero attached hydrogens (tertiary/aromatic N) is 1. The van der Waals surface area contributed by atoms with Crippen LogP contribution < -0.4 is 5.32 Å². The zero-order chi connectivity index (χ0) is 20.7. The highest BCUT2D eigenvalue weighted by Gasteiger charge is 2.28. The second-order valence-electron chi connectivity index (χ2n) is 7.53. The summed E-state index contributed by atoms with van der Waals surface area (Å²) in [5, 5.41) is 2.85. The molecule has 1 saturated heterocycles. The van der Waals surface area contributed by atoms with Gasteiger partial charge in [0.15, 0.2) is 0 Å². The Bertz CT molecular complexity index is 893. The summed E-state index contributed by atoms with van der Waals surface area (Å²) in [5.74, 6) is 0.0602. The van der Waals surface area contributed by atoms with E-state index >= 15 is 0 Å². The van der Waals surface area contributed by atoms with Crippen LogP contribution in [0.1, 0.15) is 36.8 Å². The number of piperidine rings is 1. The highest BCUT2D eigenvalue weighted by molar-refractivity contribution is 7.88. The molecule has 0 unspecified atom stereocenters. The van der Waals surface area contributed by atoms with Crippen LogP contribution in [0.2, 0.25) is 0 Å². The third-order valence-corrected chi connectivity index (χ3v) is 7.19. The van der Waals surface area contributed by atoms with Crippen LogP contribution in [-0.4, -0.2) is 31.7 Å². The average molecular weight is 419 g/mol. The Morgan fingerprint density at radius 3 is 2.31 bits per heavy atom. The summed E-state index contributed by atoms with van der Waals surface area (Å²) in [4.78, 5) is 12.1. The van der Waals surface area contributed by atoms with Gasteiger partial charge in [-0.15, -0.1) is 0 Å². The third-order valence-electron chi connectivity index (χ3n) is 5.34. The minimum absolute atomic E-state index is 0.0320. The molecule has 2 aromatic carbocycles. The van der Waals surface area contributed by atoms with Gasteiger partial charge in [0.25, 0.3) is 0 Å². The summed E-state index contributed by atoms with van der Waals surface area (Å²) in [6.45, 7) is 1.41. The van der Waals surface area contributed by atoms with E-state index in [1.54, 1.807) is 16.4 Å². The van der Waals surface area contributed by atoms with E-state index in [0.29, 0.717) is 32.0 Å². The Morgan fingerprint density at radius 1 is 1.00 bits per heavy atom. The molecular formula is C22H27FN2O3S. The van der Waals surface area contributed by atoms with E-state index in [0.717, 1.165) is 30.4 Å². The van der Waals surface area contributed by atoms with Gasteiger partial charge in [0, 0.05) is 26.1 Å². The third kappa shape index (κ3) is 6.65. The number of hydrogen-bond acceptors (Lipinski definition) is 3. The number of halogens is 1. The number of sulfonamides is 1. The van der Waals surface area contributed by atoms with Crippen LogP contribution >= 0.6 is 0 Å². The molecule has 1 aliphatic heterocycles. The Hall–Kier alpha value is -2.25. The first-order chi connectivity index (χ1) is 13.9. The van der Waals surface area contributed by atoms with Gasteiger partial charge in [0.05, 0.1) is 5.75 Å². The van der Waals surface area contributed by atoms with Gasteiger partial charge in [-0.1, -0.05) is 42.5 Å². The van der Waals surface area contributed by atoms with Crippen molar-refractivity contribution < 1.29 is 17.6 Å². The number of rotatable bonds is 8. The van der Waals surface area contributed by atoms with E-state index in [1.165, 1.54) is 12.1 Å². The SMILES string of the molecule is O=C(CCC1CCN(S(=O)(=O)Cc2ccccc2)CC1)NCc1ccc(F)cc1. The molecule has 1 amide bonds. The molecule has 0 aromatic heterocycles. The maximum Gasteiger partial charge on any atom is 0.220 e. The molecule has 1 N–H and O–H groups in total. The van der Waals surface area contributed by atoms with Crippen molar-refractivity contribution in [2.75, 3.05) is 13.1 Å². The van der Waals surface area contributed by atoms with Gasteiger partial charge in [-0.25, -0.2) is 17.1 Å². The minimum Gasteiger partial charge on any atom is -0.352 e. The Morgan fingerprint density at radius 2 is 1.66 bits per heavy atom. The summed E-state index contributed by atoms with van der Waals surface area (Å²) < 4.78 is 39.7. The fraction of sp³-hybridized carbons (Fsp3) is 0.409. The lowest BCUT2D eigenvalue weighted by atomic mass is 9.93. The molecule has 1 heterocycles. The van der Waals surface area contributed by atoms with Crippen LogP contribution in [0, 0.1) is 11.7 Å². The van der Waals surface area contributed by atoms with Crippen LogP contribution in [0.25, 0.3) is 0 Å². The average Bonchev–Trinajstić information content (AvgIpc) is 2.72. The van der Waals surface area contributed by atoms with E-state index in [4.69, 9.17) is 0 Å². The summed E-state index contributed by atoms with van der Waals surface area (Å²) in [5.41, 5.74) is 1.66. The van der Waals surface area contributed by atoms with Gasteiger partial charge in [-0.3, -0.25) is 4.79 Å². The number of benzene rings is 2. The van der Waals surface area contributed by atoms with Crippen molar-refractivity contribution in [2.24, 2.45) is 5.92 Å². The largest absolute Gasteiger partial charge is 0.352 e. The summed E-state index contributed by atoms with van der Waals surface area (Å²) in [6, 6.07) is 15.3. The van der Waals surface area contributed by atoms with Crippen molar-refractivity contribution in [2.45, 2.75) is 38.0 Å². The molecule has 0 bridgehead atoms. The lowest BCUT2D eigenvalue weighted by molar-refractivity contribution is -0.121. The molecule has 3 rings (SSSR count). The Balaban J connectivity index is 1.38. The van der Waals surface area contributed by atoms with Gasteiger partial charge >= 0.3 is 0 Å². The number of hydrogen-bond donors (Lipinski definition) is 1. The summed E-state index contributed by atoms with van der Waals surface area (Å²) >= 11 is 0.